The number of carbonyl (C=O) groups excluding carboxylic acids is 1. The highest BCUT2D eigenvalue weighted by molar-refractivity contribution is 7.89. The molecule has 1 atom stereocenters. The van der Waals surface area contributed by atoms with Crippen molar-refractivity contribution < 1.29 is 22.4 Å². The molecule has 0 saturated carbocycles. The second-order valence-electron chi connectivity index (χ2n) is 9.62. The van der Waals surface area contributed by atoms with E-state index >= 15 is 0 Å². The van der Waals surface area contributed by atoms with Crippen molar-refractivity contribution in [1.82, 2.24) is 4.72 Å². The summed E-state index contributed by atoms with van der Waals surface area (Å²) in [5.74, 6) is -0.307. The Labute approximate surface area is 242 Å². The van der Waals surface area contributed by atoms with Gasteiger partial charge in [-0.25, -0.2) is 13.2 Å². The fraction of sp³-hybridized carbons (Fsp3) is 0.125. The molecule has 5 aromatic rings. The standard InChI is InChI=1S/C32H26ClNO6S/c1-20-8-15-26(16-9-20)41(37,38)34-28(18-22-6-4-3-5-7-22)32(36)40-25-14-17-27-29(19-25)39-21(2)30(31(27)35)23-10-12-24(33)13-11-23/h3-17,19,28,34H,18H2,1-2H3/t28-/m0/s1. The number of esters is 1. The van der Waals surface area contributed by atoms with Gasteiger partial charge in [-0.15, -0.1) is 0 Å². The fourth-order valence-corrected chi connectivity index (χ4v) is 5.79. The molecule has 0 amide bonds. The molecule has 1 N–H and O–H groups in total. The van der Waals surface area contributed by atoms with Crippen LogP contribution >= 0.6 is 11.6 Å². The van der Waals surface area contributed by atoms with Gasteiger partial charge in [0, 0.05) is 11.1 Å². The summed E-state index contributed by atoms with van der Waals surface area (Å²) in [6, 6.07) is 25.5. The summed E-state index contributed by atoms with van der Waals surface area (Å²) < 4.78 is 40.4. The van der Waals surface area contributed by atoms with E-state index in [1.807, 2.05) is 13.0 Å². The zero-order chi connectivity index (χ0) is 29.1. The first-order chi connectivity index (χ1) is 19.6. The highest BCUT2D eigenvalue weighted by Crippen LogP contribution is 2.27. The van der Waals surface area contributed by atoms with Crippen molar-refractivity contribution in [3.8, 4) is 16.9 Å². The maximum atomic E-state index is 13.4. The monoisotopic (exact) mass is 587 g/mol. The Morgan fingerprint density at radius 2 is 1.61 bits per heavy atom. The van der Waals surface area contributed by atoms with Crippen molar-refractivity contribution in [3.05, 3.63) is 129 Å². The zero-order valence-corrected chi connectivity index (χ0v) is 23.8. The Balaban J connectivity index is 1.44. The molecule has 0 spiro atoms. The Hall–Kier alpha value is -4.24. The van der Waals surface area contributed by atoms with Gasteiger partial charge in [0.1, 0.15) is 23.1 Å². The molecule has 9 heteroatoms. The van der Waals surface area contributed by atoms with E-state index in [4.69, 9.17) is 20.8 Å². The quantitative estimate of drug-likeness (QED) is 0.171. The molecule has 0 aliphatic rings. The molecule has 0 radical (unpaired) electrons. The Morgan fingerprint density at radius 1 is 0.927 bits per heavy atom. The summed E-state index contributed by atoms with van der Waals surface area (Å²) in [5, 5.41) is 0.857. The number of aryl methyl sites for hydroxylation is 2. The molecular formula is C32H26ClNO6S. The van der Waals surface area contributed by atoms with E-state index in [1.165, 1.54) is 30.3 Å². The number of benzene rings is 4. The van der Waals surface area contributed by atoms with Gasteiger partial charge < -0.3 is 9.15 Å². The van der Waals surface area contributed by atoms with Crippen LogP contribution in [0.4, 0.5) is 0 Å². The van der Waals surface area contributed by atoms with E-state index in [1.54, 1.807) is 67.6 Å². The topological polar surface area (TPSA) is 103 Å². The van der Waals surface area contributed by atoms with Gasteiger partial charge in [0.25, 0.3) is 0 Å². The minimum absolute atomic E-state index is 0.0356. The molecular weight excluding hydrogens is 562 g/mol. The van der Waals surface area contributed by atoms with Gasteiger partial charge in [-0.05, 0) is 67.8 Å². The highest BCUT2D eigenvalue weighted by atomic mass is 35.5. The maximum Gasteiger partial charge on any atom is 0.329 e. The zero-order valence-electron chi connectivity index (χ0n) is 22.3. The molecule has 0 bridgehead atoms. The number of rotatable bonds is 8. The van der Waals surface area contributed by atoms with Crippen molar-refractivity contribution in [2.24, 2.45) is 0 Å². The molecule has 0 aliphatic heterocycles. The van der Waals surface area contributed by atoms with Gasteiger partial charge in [-0.2, -0.15) is 4.72 Å². The molecule has 41 heavy (non-hydrogen) atoms. The SMILES string of the molecule is Cc1ccc(S(=O)(=O)N[C@@H](Cc2ccccc2)C(=O)Oc2ccc3c(=O)c(-c4ccc(Cl)cc4)c(C)oc3c2)cc1. The summed E-state index contributed by atoms with van der Waals surface area (Å²) >= 11 is 5.99. The lowest BCUT2D eigenvalue weighted by atomic mass is 10.0. The Morgan fingerprint density at radius 3 is 2.29 bits per heavy atom. The predicted octanol–water partition coefficient (Wildman–Crippen LogP) is 6.23. The van der Waals surface area contributed by atoms with Crippen LogP contribution in [0.25, 0.3) is 22.1 Å². The average molecular weight is 588 g/mol. The lowest BCUT2D eigenvalue weighted by Crippen LogP contribution is -2.44. The van der Waals surface area contributed by atoms with Crippen LogP contribution in [-0.2, 0) is 21.2 Å². The molecule has 208 valence electrons. The summed E-state index contributed by atoms with van der Waals surface area (Å²) in [6.45, 7) is 3.53. The maximum absolute atomic E-state index is 13.4. The van der Waals surface area contributed by atoms with Crippen LogP contribution < -0.4 is 14.9 Å². The number of ether oxygens (including phenoxy) is 1. The van der Waals surface area contributed by atoms with Gasteiger partial charge in [0.05, 0.1) is 15.8 Å². The number of nitrogens with one attached hydrogen (secondary N) is 1. The number of sulfonamides is 1. The van der Waals surface area contributed by atoms with E-state index < -0.39 is 22.0 Å². The second-order valence-corrected chi connectivity index (χ2v) is 11.8. The molecule has 0 unspecified atom stereocenters. The first kappa shape index (κ1) is 28.3. The van der Waals surface area contributed by atoms with E-state index in [9.17, 15) is 18.0 Å². The summed E-state index contributed by atoms with van der Waals surface area (Å²) in [4.78, 5) is 26.7. The van der Waals surface area contributed by atoms with E-state index in [0.29, 0.717) is 27.3 Å². The molecule has 7 nitrogen and oxygen atoms in total. The molecule has 5 rings (SSSR count). The summed E-state index contributed by atoms with van der Waals surface area (Å²) in [5.41, 5.74) is 2.72. The van der Waals surface area contributed by atoms with E-state index in [2.05, 4.69) is 4.72 Å². The average Bonchev–Trinajstić information content (AvgIpc) is 2.94. The second kappa shape index (κ2) is 11.7. The number of hydrogen-bond donors (Lipinski definition) is 1. The van der Waals surface area contributed by atoms with E-state index in [-0.39, 0.29) is 28.1 Å². The molecule has 0 saturated heterocycles. The van der Waals surface area contributed by atoms with Gasteiger partial charge >= 0.3 is 5.97 Å². The van der Waals surface area contributed by atoms with Crippen molar-refractivity contribution in [1.29, 1.82) is 0 Å². The van der Waals surface area contributed by atoms with Gasteiger partial charge in [-0.3, -0.25) is 4.79 Å². The normalized spacial score (nSPS) is 12.3. The molecule has 1 aromatic heterocycles. The van der Waals surface area contributed by atoms with E-state index in [0.717, 1.165) is 11.1 Å². The Bertz CT molecular complexity index is 1880. The number of hydrogen-bond acceptors (Lipinski definition) is 6. The van der Waals surface area contributed by atoms with Crippen molar-refractivity contribution in [2.45, 2.75) is 31.2 Å². The minimum atomic E-state index is -4.03. The predicted molar refractivity (Wildman–Crippen MR) is 159 cm³/mol. The lowest BCUT2D eigenvalue weighted by Gasteiger charge is -2.18. The van der Waals surface area contributed by atoms with Crippen molar-refractivity contribution >= 4 is 38.6 Å². The Kier molecular flexibility index (Phi) is 8.08. The minimum Gasteiger partial charge on any atom is -0.460 e. The first-order valence-electron chi connectivity index (χ1n) is 12.8. The smallest absolute Gasteiger partial charge is 0.329 e. The van der Waals surface area contributed by atoms with Gasteiger partial charge in [0.15, 0.2) is 0 Å². The third-order valence-electron chi connectivity index (χ3n) is 6.59. The van der Waals surface area contributed by atoms with Crippen molar-refractivity contribution in [3.63, 3.8) is 0 Å². The van der Waals surface area contributed by atoms with Crippen LogP contribution in [0.5, 0.6) is 5.75 Å². The third-order valence-corrected chi connectivity index (χ3v) is 8.33. The van der Waals surface area contributed by atoms with Crippen LogP contribution in [0.2, 0.25) is 5.02 Å². The van der Waals surface area contributed by atoms with Crippen LogP contribution in [0.1, 0.15) is 16.9 Å². The molecule has 4 aromatic carbocycles. The van der Waals surface area contributed by atoms with Crippen LogP contribution in [0.15, 0.2) is 111 Å². The fourth-order valence-electron chi connectivity index (χ4n) is 4.48. The van der Waals surface area contributed by atoms with Gasteiger partial charge in [0.2, 0.25) is 15.5 Å². The summed E-state index contributed by atoms with van der Waals surface area (Å²) in [7, 11) is -4.03. The molecule has 0 aliphatic carbocycles. The number of fused-ring (bicyclic) bond motifs is 1. The van der Waals surface area contributed by atoms with Crippen LogP contribution in [0, 0.1) is 13.8 Å². The van der Waals surface area contributed by atoms with Crippen LogP contribution in [0.3, 0.4) is 0 Å². The molecule has 0 fully saturated rings. The summed E-state index contributed by atoms with van der Waals surface area (Å²) in [6.07, 6.45) is 0.0665. The first-order valence-corrected chi connectivity index (χ1v) is 14.6. The highest BCUT2D eigenvalue weighted by Gasteiger charge is 2.28. The lowest BCUT2D eigenvalue weighted by molar-refractivity contribution is -0.136. The number of carbonyl (C=O) groups is 1. The van der Waals surface area contributed by atoms with Gasteiger partial charge in [-0.1, -0.05) is 71.8 Å². The largest absolute Gasteiger partial charge is 0.460 e. The third kappa shape index (κ3) is 6.41. The van der Waals surface area contributed by atoms with Crippen LogP contribution in [-0.4, -0.2) is 20.4 Å². The number of halogens is 1. The molecule has 1 heterocycles. The van der Waals surface area contributed by atoms with Crippen molar-refractivity contribution in [2.75, 3.05) is 0 Å².